The molecule has 0 unspecified atom stereocenters. The van der Waals surface area contributed by atoms with Crippen LogP contribution in [0, 0.1) is 6.92 Å². The second kappa shape index (κ2) is 11.5. The van der Waals surface area contributed by atoms with Gasteiger partial charge in [0.15, 0.2) is 0 Å². The number of carbonyl (C=O) groups excluding carboxylic acids is 2. The summed E-state index contributed by atoms with van der Waals surface area (Å²) in [6.07, 6.45) is 4.47. The molecule has 1 aliphatic rings. The Labute approximate surface area is 161 Å². The summed E-state index contributed by atoms with van der Waals surface area (Å²) in [6.45, 7) is 7.34. The summed E-state index contributed by atoms with van der Waals surface area (Å²) in [7, 11) is 1.37. The number of aryl methyl sites for hydroxylation is 1. The Morgan fingerprint density at radius 1 is 1.19 bits per heavy atom. The molecule has 1 fully saturated rings. The van der Waals surface area contributed by atoms with Crippen LogP contribution in [-0.2, 0) is 19.1 Å². The van der Waals surface area contributed by atoms with Crippen LogP contribution >= 0.6 is 0 Å². The molecule has 0 atom stereocenters. The maximum atomic E-state index is 12.6. The van der Waals surface area contributed by atoms with E-state index in [1.807, 2.05) is 37.3 Å². The van der Waals surface area contributed by atoms with Gasteiger partial charge in [0.1, 0.15) is 0 Å². The number of esters is 1. The molecular formula is C21H30N2O4. The molecule has 0 bridgehead atoms. The molecule has 1 saturated heterocycles. The van der Waals surface area contributed by atoms with E-state index in [1.54, 1.807) is 11.0 Å². The fraction of sp³-hybridized carbons (Fsp3) is 0.524. The molecule has 1 aromatic rings. The summed E-state index contributed by atoms with van der Waals surface area (Å²) in [4.78, 5) is 28.2. The van der Waals surface area contributed by atoms with E-state index in [1.165, 1.54) is 12.7 Å². The van der Waals surface area contributed by atoms with E-state index in [9.17, 15) is 9.59 Å². The number of hydrogen-bond acceptors (Lipinski definition) is 5. The van der Waals surface area contributed by atoms with E-state index < -0.39 is 0 Å². The molecule has 0 radical (unpaired) electrons. The number of amides is 1. The molecule has 0 saturated carbocycles. The van der Waals surface area contributed by atoms with Crippen LogP contribution in [0.25, 0.3) is 6.08 Å². The molecule has 0 spiro atoms. The zero-order valence-electron chi connectivity index (χ0n) is 16.4. The predicted octanol–water partition coefficient (Wildman–Crippen LogP) is 2.12. The molecule has 27 heavy (non-hydrogen) atoms. The van der Waals surface area contributed by atoms with E-state index in [-0.39, 0.29) is 18.3 Å². The number of ether oxygens (including phenoxy) is 2. The number of hydrogen-bond donors (Lipinski definition) is 0. The summed E-state index contributed by atoms with van der Waals surface area (Å²) in [5.74, 6) is -0.384. The summed E-state index contributed by atoms with van der Waals surface area (Å²) >= 11 is 0. The van der Waals surface area contributed by atoms with Gasteiger partial charge in [0, 0.05) is 38.8 Å². The molecule has 1 aromatic carbocycles. The first-order chi connectivity index (χ1) is 13.1. The van der Waals surface area contributed by atoms with E-state index in [4.69, 9.17) is 9.47 Å². The summed E-state index contributed by atoms with van der Waals surface area (Å²) in [5, 5.41) is 0. The molecule has 0 aromatic heterocycles. The van der Waals surface area contributed by atoms with Gasteiger partial charge in [-0.15, -0.1) is 0 Å². The molecule has 1 amide bonds. The van der Waals surface area contributed by atoms with Gasteiger partial charge in [-0.2, -0.15) is 0 Å². The quantitative estimate of drug-likeness (QED) is 0.489. The van der Waals surface area contributed by atoms with Gasteiger partial charge >= 0.3 is 5.97 Å². The maximum absolute atomic E-state index is 12.6. The molecule has 0 N–H and O–H groups in total. The lowest BCUT2D eigenvalue weighted by Gasteiger charge is -2.28. The largest absolute Gasteiger partial charge is 0.469 e. The number of methoxy groups -OCH3 is 1. The van der Waals surface area contributed by atoms with Crippen molar-refractivity contribution in [2.45, 2.75) is 19.8 Å². The van der Waals surface area contributed by atoms with Crippen LogP contribution < -0.4 is 0 Å². The van der Waals surface area contributed by atoms with E-state index in [2.05, 4.69) is 4.90 Å². The Hall–Kier alpha value is -2.18. The van der Waals surface area contributed by atoms with Crippen molar-refractivity contribution in [1.29, 1.82) is 0 Å². The van der Waals surface area contributed by atoms with Gasteiger partial charge in [-0.25, -0.2) is 0 Å². The van der Waals surface area contributed by atoms with Crippen molar-refractivity contribution in [2.75, 3.05) is 53.0 Å². The monoisotopic (exact) mass is 374 g/mol. The van der Waals surface area contributed by atoms with Gasteiger partial charge in [0.05, 0.1) is 26.7 Å². The van der Waals surface area contributed by atoms with Crippen molar-refractivity contribution in [3.05, 3.63) is 41.5 Å². The Balaban J connectivity index is 1.89. The number of nitrogens with zero attached hydrogens (tertiary/aromatic N) is 2. The predicted molar refractivity (Wildman–Crippen MR) is 105 cm³/mol. The first kappa shape index (κ1) is 21.1. The summed E-state index contributed by atoms with van der Waals surface area (Å²) in [6, 6.07) is 8.00. The lowest BCUT2D eigenvalue weighted by Crippen LogP contribution is -2.39. The van der Waals surface area contributed by atoms with Crippen LogP contribution in [0.5, 0.6) is 0 Å². The Morgan fingerprint density at radius 2 is 1.89 bits per heavy atom. The summed E-state index contributed by atoms with van der Waals surface area (Å²) in [5.41, 5.74) is 2.16. The zero-order chi connectivity index (χ0) is 19.5. The Bertz CT molecular complexity index is 622. The van der Waals surface area contributed by atoms with Gasteiger partial charge in [0.2, 0.25) is 5.91 Å². The van der Waals surface area contributed by atoms with Crippen molar-refractivity contribution >= 4 is 18.0 Å². The van der Waals surface area contributed by atoms with Crippen LogP contribution in [0.2, 0.25) is 0 Å². The third-order valence-electron chi connectivity index (χ3n) is 4.63. The van der Waals surface area contributed by atoms with Gasteiger partial charge in [-0.05, 0) is 25.0 Å². The molecule has 1 heterocycles. The van der Waals surface area contributed by atoms with Gasteiger partial charge in [-0.1, -0.05) is 29.8 Å². The highest BCUT2D eigenvalue weighted by molar-refractivity contribution is 5.92. The molecule has 1 aliphatic heterocycles. The van der Waals surface area contributed by atoms with Crippen LogP contribution in [0.3, 0.4) is 0 Å². The lowest BCUT2D eigenvalue weighted by molar-refractivity contribution is -0.141. The van der Waals surface area contributed by atoms with Crippen molar-refractivity contribution in [3.8, 4) is 0 Å². The third kappa shape index (κ3) is 7.93. The van der Waals surface area contributed by atoms with Crippen molar-refractivity contribution in [2.24, 2.45) is 0 Å². The first-order valence-electron chi connectivity index (χ1n) is 9.49. The zero-order valence-corrected chi connectivity index (χ0v) is 16.4. The topological polar surface area (TPSA) is 59.1 Å². The van der Waals surface area contributed by atoms with E-state index in [0.29, 0.717) is 13.1 Å². The van der Waals surface area contributed by atoms with Crippen LogP contribution in [0.4, 0.5) is 0 Å². The lowest BCUT2D eigenvalue weighted by atomic mass is 10.1. The highest BCUT2D eigenvalue weighted by Gasteiger charge is 2.15. The average Bonchev–Trinajstić information content (AvgIpc) is 2.70. The fourth-order valence-corrected chi connectivity index (χ4v) is 2.92. The SMILES string of the molecule is COC(=O)CCN(CCCN1CCOCC1)C(=O)/C=C/c1ccc(C)cc1. The third-order valence-corrected chi connectivity index (χ3v) is 4.63. The standard InChI is InChI=1S/C21H30N2O4/c1-18-4-6-19(7-5-18)8-9-20(24)23(13-10-21(25)26-2)12-3-11-22-14-16-27-17-15-22/h4-9H,3,10-17H2,1-2H3/b9-8+. The van der Waals surface area contributed by atoms with Crippen LogP contribution in [0.1, 0.15) is 24.0 Å². The molecular weight excluding hydrogens is 344 g/mol. The maximum Gasteiger partial charge on any atom is 0.307 e. The first-order valence-corrected chi connectivity index (χ1v) is 9.49. The fourth-order valence-electron chi connectivity index (χ4n) is 2.92. The normalized spacial score (nSPS) is 15.0. The smallest absolute Gasteiger partial charge is 0.307 e. The minimum atomic E-state index is -0.302. The Kier molecular flexibility index (Phi) is 9.01. The average molecular weight is 374 g/mol. The number of carbonyl (C=O) groups is 2. The van der Waals surface area contributed by atoms with Crippen LogP contribution in [0.15, 0.2) is 30.3 Å². The number of benzene rings is 1. The van der Waals surface area contributed by atoms with Crippen LogP contribution in [-0.4, -0.2) is 74.7 Å². The number of morpholine rings is 1. The molecule has 148 valence electrons. The van der Waals surface area contributed by atoms with E-state index >= 15 is 0 Å². The van der Waals surface area contributed by atoms with E-state index in [0.717, 1.165) is 44.8 Å². The van der Waals surface area contributed by atoms with Crippen molar-refractivity contribution in [3.63, 3.8) is 0 Å². The highest BCUT2D eigenvalue weighted by atomic mass is 16.5. The second-order valence-electron chi connectivity index (χ2n) is 6.70. The molecule has 2 rings (SSSR count). The molecule has 0 aliphatic carbocycles. The number of rotatable bonds is 9. The van der Waals surface area contributed by atoms with Crippen molar-refractivity contribution in [1.82, 2.24) is 9.80 Å². The molecule has 6 nitrogen and oxygen atoms in total. The van der Waals surface area contributed by atoms with Crippen molar-refractivity contribution < 1.29 is 19.1 Å². The van der Waals surface area contributed by atoms with Gasteiger partial charge < -0.3 is 14.4 Å². The second-order valence-corrected chi connectivity index (χ2v) is 6.70. The van der Waals surface area contributed by atoms with Gasteiger partial charge in [-0.3, -0.25) is 14.5 Å². The van der Waals surface area contributed by atoms with Gasteiger partial charge in [0.25, 0.3) is 0 Å². The molecule has 6 heteroatoms. The Morgan fingerprint density at radius 3 is 2.56 bits per heavy atom. The minimum Gasteiger partial charge on any atom is -0.469 e. The minimum absolute atomic E-state index is 0.0820. The highest BCUT2D eigenvalue weighted by Crippen LogP contribution is 2.07. The summed E-state index contributed by atoms with van der Waals surface area (Å²) < 4.78 is 10.1.